The largest absolute Gasteiger partial charge is 0.490 e. The van der Waals surface area contributed by atoms with Crippen LogP contribution in [0.5, 0.6) is 5.75 Å². The van der Waals surface area contributed by atoms with Crippen LogP contribution in [0.15, 0.2) is 66.7 Å². The number of nitrogens with one attached hydrogen (secondary N) is 2. The van der Waals surface area contributed by atoms with Gasteiger partial charge in [0.15, 0.2) is 0 Å². The average Bonchev–Trinajstić information content (AvgIpc) is 2.91. The first kappa shape index (κ1) is 35.4. The van der Waals surface area contributed by atoms with Gasteiger partial charge in [-0.05, 0) is 53.1 Å². The molecule has 3 aromatic carbocycles. The second-order valence-corrected chi connectivity index (χ2v) is 8.05. The molecule has 17 heteroatoms. The predicted octanol–water partition coefficient (Wildman–Crippen LogP) is 4.47. The Morgan fingerprint density at radius 2 is 1.12 bits per heavy atom. The monoisotopic (exact) mass is 616 g/mol. The molecule has 9 N–H and O–H groups in total. The van der Waals surface area contributed by atoms with Crippen molar-refractivity contribution in [1.29, 1.82) is 10.8 Å². The molecule has 0 amide bonds. The van der Waals surface area contributed by atoms with Crippen LogP contribution in [0.4, 0.5) is 26.3 Å². The molecule has 0 radical (unpaired) electrons. The van der Waals surface area contributed by atoms with Gasteiger partial charge in [0.1, 0.15) is 24.0 Å². The molecule has 0 aliphatic rings. The Morgan fingerprint density at radius 3 is 1.56 bits per heavy atom. The van der Waals surface area contributed by atoms with Gasteiger partial charge in [-0.25, -0.2) is 14.4 Å². The zero-order valence-electron chi connectivity index (χ0n) is 21.5. The van der Waals surface area contributed by atoms with E-state index in [1.807, 2.05) is 12.1 Å². The Morgan fingerprint density at radius 1 is 0.674 bits per heavy atom. The highest BCUT2D eigenvalue weighted by molar-refractivity contribution is 5.96. The van der Waals surface area contributed by atoms with Crippen molar-refractivity contribution in [3.63, 3.8) is 0 Å². The van der Waals surface area contributed by atoms with Crippen LogP contribution >= 0.6 is 0 Å². The summed E-state index contributed by atoms with van der Waals surface area (Å²) < 4.78 is 69.2. The van der Waals surface area contributed by atoms with E-state index in [1.165, 1.54) is 0 Å². The highest BCUT2D eigenvalue weighted by atomic mass is 19.4. The third-order valence-corrected chi connectivity index (χ3v) is 4.78. The van der Waals surface area contributed by atoms with E-state index in [-0.39, 0.29) is 23.8 Å². The molecule has 0 aromatic heterocycles. The number of carbonyl (C=O) groups is 3. The number of aliphatic carboxylic acids is 2. The zero-order chi connectivity index (χ0) is 33.1. The van der Waals surface area contributed by atoms with Gasteiger partial charge >= 0.3 is 30.3 Å². The number of benzene rings is 3. The average molecular weight is 616 g/mol. The summed E-state index contributed by atoms with van der Waals surface area (Å²) in [6, 6.07) is 18.8. The Kier molecular flexibility index (Phi) is 12.2. The Balaban J connectivity index is 0.000000548. The predicted molar refractivity (Wildman–Crippen MR) is 139 cm³/mol. The first-order valence-corrected chi connectivity index (χ1v) is 11.2. The van der Waals surface area contributed by atoms with Crippen LogP contribution in [-0.2, 0) is 16.2 Å². The minimum Gasteiger partial charge on any atom is -0.489 e. The molecule has 0 saturated heterocycles. The molecule has 11 nitrogen and oxygen atoms in total. The number of aromatic carboxylic acids is 1. The number of amidine groups is 2. The summed E-state index contributed by atoms with van der Waals surface area (Å²) in [4.78, 5) is 29.4. The van der Waals surface area contributed by atoms with Crippen LogP contribution in [0, 0.1) is 10.8 Å². The Bertz CT molecular complexity index is 1480. The molecule has 0 spiro atoms. The van der Waals surface area contributed by atoms with Crippen molar-refractivity contribution in [2.24, 2.45) is 11.5 Å². The molecule has 0 bridgehead atoms. The second-order valence-electron chi connectivity index (χ2n) is 8.05. The van der Waals surface area contributed by atoms with Crippen LogP contribution in [0.1, 0.15) is 27.0 Å². The highest BCUT2D eigenvalue weighted by Gasteiger charge is 2.38. The molecule has 43 heavy (non-hydrogen) atoms. The van der Waals surface area contributed by atoms with E-state index in [1.54, 1.807) is 54.6 Å². The van der Waals surface area contributed by atoms with Gasteiger partial charge < -0.3 is 31.5 Å². The van der Waals surface area contributed by atoms with E-state index in [0.29, 0.717) is 28.0 Å². The van der Waals surface area contributed by atoms with Crippen LogP contribution in [0.25, 0.3) is 11.1 Å². The lowest BCUT2D eigenvalue weighted by Crippen LogP contribution is -2.21. The fraction of sp³-hybridized carbons (Fsp3) is 0.115. The normalized spacial score (nSPS) is 10.7. The summed E-state index contributed by atoms with van der Waals surface area (Å²) >= 11 is 0. The van der Waals surface area contributed by atoms with Crippen molar-refractivity contribution in [3.05, 3.63) is 89.0 Å². The number of halogens is 6. The van der Waals surface area contributed by atoms with Crippen LogP contribution in [0.2, 0.25) is 0 Å². The molecule has 0 atom stereocenters. The van der Waals surface area contributed by atoms with E-state index in [0.717, 1.165) is 5.56 Å². The summed E-state index contributed by atoms with van der Waals surface area (Å²) in [6.07, 6.45) is -10.2. The van der Waals surface area contributed by atoms with Crippen molar-refractivity contribution in [3.8, 4) is 16.9 Å². The minimum atomic E-state index is -5.08. The first-order chi connectivity index (χ1) is 19.7. The van der Waals surface area contributed by atoms with Gasteiger partial charge in [-0.2, -0.15) is 26.3 Å². The Labute approximate surface area is 238 Å². The summed E-state index contributed by atoms with van der Waals surface area (Å²) in [6.45, 7) is 0.141. The maximum Gasteiger partial charge on any atom is 0.490 e. The van der Waals surface area contributed by atoms with Crippen LogP contribution in [-0.4, -0.2) is 57.3 Å². The maximum absolute atomic E-state index is 11.6. The number of hydrogen-bond acceptors (Lipinski definition) is 6. The number of carboxylic acids is 3. The van der Waals surface area contributed by atoms with Crippen molar-refractivity contribution >= 4 is 29.6 Å². The third-order valence-electron chi connectivity index (χ3n) is 4.78. The summed E-state index contributed by atoms with van der Waals surface area (Å²) in [5, 5.41) is 38.8. The van der Waals surface area contributed by atoms with Crippen molar-refractivity contribution in [2.45, 2.75) is 19.0 Å². The summed E-state index contributed by atoms with van der Waals surface area (Å²) in [7, 11) is 0. The van der Waals surface area contributed by atoms with Gasteiger partial charge in [0.25, 0.3) is 0 Å². The van der Waals surface area contributed by atoms with Gasteiger partial charge in [-0.3, -0.25) is 10.8 Å². The van der Waals surface area contributed by atoms with Gasteiger partial charge in [-0.15, -0.1) is 0 Å². The van der Waals surface area contributed by atoms with Crippen molar-refractivity contribution in [1.82, 2.24) is 0 Å². The lowest BCUT2D eigenvalue weighted by molar-refractivity contribution is -0.193. The molecule has 3 rings (SSSR count). The molecule has 0 aliphatic carbocycles. The highest BCUT2D eigenvalue weighted by Crippen LogP contribution is 2.25. The lowest BCUT2D eigenvalue weighted by atomic mass is 9.98. The molecule has 0 aliphatic heterocycles. The number of hydrogen-bond donors (Lipinski definition) is 7. The first-order valence-electron chi connectivity index (χ1n) is 11.2. The van der Waals surface area contributed by atoms with Crippen molar-refractivity contribution < 1.29 is 60.8 Å². The quantitative estimate of drug-likeness (QED) is 0.113. The minimum absolute atomic E-state index is 0.0593. The molecule has 0 saturated carbocycles. The number of nitrogen functional groups attached to an aromatic ring is 2. The summed E-state index contributed by atoms with van der Waals surface area (Å²) in [5.74, 6) is -6.15. The van der Waals surface area contributed by atoms with E-state index in [2.05, 4.69) is 0 Å². The molecule has 0 fully saturated rings. The van der Waals surface area contributed by atoms with Gasteiger partial charge in [0.2, 0.25) is 0 Å². The molecular weight excluding hydrogens is 594 g/mol. The van der Waals surface area contributed by atoms with Crippen LogP contribution < -0.4 is 16.2 Å². The molecule has 0 unspecified atom stereocenters. The molecule has 230 valence electrons. The van der Waals surface area contributed by atoms with Gasteiger partial charge in [0, 0.05) is 11.1 Å². The number of nitrogens with two attached hydrogens (primary N) is 2. The van der Waals surface area contributed by atoms with Crippen LogP contribution in [0.3, 0.4) is 0 Å². The number of ether oxygens (including phenoxy) is 1. The van der Waals surface area contributed by atoms with E-state index in [4.69, 9.17) is 46.8 Å². The maximum atomic E-state index is 11.6. The van der Waals surface area contributed by atoms with Gasteiger partial charge in [-0.1, -0.05) is 30.3 Å². The lowest BCUT2D eigenvalue weighted by Gasteiger charge is -2.11. The fourth-order valence-electron chi connectivity index (χ4n) is 2.85. The second kappa shape index (κ2) is 14.9. The van der Waals surface area contributed by atoms with Gasteiger partial charge in [0.05, 0.1) is 5.56 Å². The fourth-order valence-corrected chi connectivity index (χ4v) is 2.85. The molecular formula is C26H22F6N4O7. The van der Waals surface area contributed by atoms with E-state index in [9.17, 15) is 36.2 Å². The number of alkyl halides is 6. The Hall–Kier alpha value is -5.61. The van der Waals surface area contributed by atoms with E-state index < -0.39 is 30.3 Å². The zero-order valence-corrected chi connectivity index (χ0v) is 21.5. The van der Waals surface area contributed by atoms with E-state index >= 15 is 0 Å². The third kappa shape index (κ3) is 12.2. The topological polar surface area (TPSA) is 221 Å². The summed E-state index contributed by atoms with van der Waals surface area (Å²) in [5.41, 5.74) is 14.4. The molecule has 3 aromatic rings. The standard InChI is InChI=1S/C22H20N4O3.2C2HF3O2/c23-20(24)15-4-1-3-14(9-15)17-7-13(8-18(10-17)22(27)28)12-29-19-6-2-5-16(11-19)21(25)26;2*3-2(4,5)1(6)7/h1-11H,12H2,(H3,23,24)(H3,25,26)(H,27,28);2*(H,6,7). The number of carboxylic acid groups (broad SMARTS) is 3. The smallest absolute Gasteiger partial charge is 0.489 e. The van der Waals surface area contributed by atoms with Crippen molar-refractivity contribution in [2.75, 3.05) is 0 Å². The SMILES string of the molecule is N=C(N)c1cccc(OCc2cc(C(=O)O)cc(-c3cccc(C(=N)N)c3)c2)c1.O=C(O)C(F)(F)F.O=C(O)C(F)(F)F. The number of rotatable bonds is 7. The molecule has 0 heterocycles.